The minimum Gasteiger partial charge on any atom is -0.493 e. The molecule has 2 rings (SSSR count). The van der Waals surface area contributed by atoms with E-state index in [1.54, 1.807) is 34.3 Å². The molecule has 6 nitrogen and oxygen atoms in total. The highest BCUT2D eigenvalue weighted by Crippen LogP contribution is 2.39. The number of nitrogens with one attached hydrogen (secondary N) is 1. The average Bonchev–Trinajstić information content (AvgIpc) is 2.71. The predicted molar refractivity (Wildman–Crippen MR) is 109 cm³/mol. The molecule has 2 aromatic rings. The van der Waals surface area contributed by atoms with Gasteiger partial charge in [-0.1, -0.05) is 32.0 Å². The van der Waals surface area contributed by atoms with Crippen molar-refractivity contribution in [1.29, 1.82) is 0 Å². The summed E-state index contributed by atoms with van der Waals surface area (Å²) in [5, 5.41) is 2.89. The molecule has 0 saturated carbocycles. The molecule has 0 radical (unpaired) electrons. The van der Waals surface area contributed by atoms with Gasteiger partial charge in [0.1, 0.15) is 5.75 Å². The van der Waals surface area contributed by atoms with Crippen LogP contribution in [0.5, 0.6) is 23.0 Å². The van der Waals surface area contributed by atoms with E-state index >= 15 is 0 Å². The molecule has 152 valence electrons. The van der Waals surface area contributed by atoms with Crippen molar-refractivity contribution >= 4 is 5.91 Å². The Hall–Kier alpha value is -2.89. The normalized spacial score (nSPS) is 11.7. The van der Waals surface area contributed by atoms with Crippen LogP contribution in [0.25, 0.3) is 0 Å². The van der Waals surface area contributed by atoms with Crippen LogP contribution in [0.2, 0.25) is 0 Å². The second-order valence-corrected chi connectivity index (χ2v) is 6.66. The van der Waals surface area contributed by atoms with E-state index in [0.29, 0.717) is 23.2 Å². The number of carbonyl (C=O) groups excluding carboxylic acids is 1. The minimum absolute atomic E-state index is 0.213. The Balaban J connectivity index is 2.08. The van der Waals surface area contributed by atoms with Crippen molar-refractivity contribution in [2.24, 2.45) is 0 Å². The molecule has 0 aliphatic heterocycles. The SMILES string of the molecule is COc1ccc(CNC(=O)[C@@H](C)Oc2ccccc2C(C)C)c(OC)c1OC. The van der Waals surface area contributed by atoms with Crippen LogP contribution in [0.3, 0.4) is 0 Å². The van der Waals surface area contributed by atoms with Crippen LogP contribution in [0.1, 0.15) is 37.8 Å². The fourth-order valence-corrected chi connectivity index (χ4v) is 2.94. The first-order valence-electron chi connectivity index (χ1n) is 9.24. The zero-order valence-electron chi connectivity index (χ0n) is 17.4. The summed E-state index contributed by atoms with van der Waals surface area (Å²) in [6.07, 6.45) is -0.633. The molecule has 0 saturated heterocycles. The lowest BCUT2D eigenvalue weighted by molar-refractivity contribution is -0.127. The first-order valence-corrected chi connectivity index (χ1v) is 9.24. The number of carbonyl (C=O) groups is 1. The molecule has 28 heavy (non-hydrogen) atoms. The summed E-state index contributed by atoms with van der Waals surface area (Å²) in [5.74, 6) is 2.41. The molecule has 0 spiro atoms. The average molecular weight is 387 g/mol. The van der Waals surface area contributed by atoms with E-state index in [-0.39, 0.29) is 12.5 Å². The maximum Gasteiger partial charge on any atom is 0.261 e. The molecular weight excluding hydrogens is 358 g/mol. The van der Waals surface area contributed by atoms with Gasteiger partial charge in [0.15, 0.2) is 17.6 Å². The molecule has 2 aromatic carbocycles. The minimum atomic E-state index is -0.633. The molecule has 0 unspecified atom stereocenters. The van der Waals surface area contributed by atoms with E-state index in [2.05, 4.69) is 19.2 Å². The Labute approximate surface area is 166 Å². The molecule has 6 heteroatoms. The van der Waals surface area contributed by atoms with E-state index in [0.717, 1.165) is 16.9 Å². The topological polar surface area (TPSA) is 66.0 Å². The first kappa shape index (κ1) is 21.4. The van der Waals surface area contributed by atoms with Gasteiger partial charge in [0, 0.05) is 12.1 Å². The quantitative estimate of drug-likeness (QED) is 0.706. The lowest BCUT2D eigenvalue weighted by atomic mass is 10.0. The largest absolute Gasteiger partial charge is 0.493 e. The summed E-state index contributed by atoms with van der Waals surface area (Å²) < 4.78 is 22.0. The number of benzene rings is 2. The maximum absolute atomic E-state index is 12.5. The molecule has 0 bridgehead atoms. The highest BCUT2D eigenvalue weighted by atomic mass is 16.5. The van der Waals surface area contributed by atoms with Gasteiger partial charge in [0.05, 0.1) is 21.3 Å². The number of hydrogen-bond acceptors (Lipinski definition) is 5. The zero-order valence-corrected chi connectivity index (χ0v) is 17.4. The van der Waals surface area contributed by atoms with Crippen LogP contribution in [0, 0.1) is 0 Å². The lowest BCUT2D eigenvalue weighted by Gasteiger charge is -2.19. The smallest absolute Gasteiger partial charge is 0.261 e. The van der Waals surface area contributed by atoms with Crippen molar-refractivity contribution in [2.45, 2.75) is 39.3 Å². The summed E-state index contributed by atoms with van der Waals surface area (Å²) in [4.78, 5) is 12.5. The number of ether oxygens (including phenoxy) is 4. The Kier molecular flexibility index (Phi) is 7.55. The van der Waals surface area contributed by atoms with Gasteiger partial charge in [0.2, 0.25) is 5.75 Å². The summed E-state index contributed by atoms with van der Waals surface area (Å²) in [6, 6.07) is 11.4. The molecule has 1 amide bonds. The van der Waals surface area contributed by atoms with E-state index < -0.39 is 6.10 Å². The first-order chi connectivity index (χ1) is 13.4. The second-order valence-electron chi connectivity index (χ2n) is 6.66. The molecular formula is C22H29NO5. The van der Waals surface area contributed by atoms with Crippen molar-refractivity contribution in [3.05, 3.63) is 47.5 Å². The summed E-state index contributed by atoms with van der Waals surface area (Å²) in [5.41, 5.74) is 1.85. The summed E-state index contributed by atoms with van der Waals surface area (Å²) in [7, 11) is 4.66. The molecule has 1 atom stereocenters. The van der Waals surface area contributed by atoms with Gasteiger partial charge in [-0.2, -0.15) is 0 Å². The van der Waals surface area contributed by atoms with Gasteiger partial charge >= 0.3 is 0 Å². The molecule has 1 N–H and O–H groups in total. The maximum atomic E-state index is 12.5. The van der Waals surface area contributed by atoms with Crippen LogP contribution >= 0.6 is 0 Å². The summed E-state index contributed by atoms with van der Waals surface area (Å²) >= 11 is 0. The number of para-hydroxylation sites is 1. The fourth-order valence-electron chi connectivity index (χ4n) is 2.94. The Bertz CT molecular complexity index is 804. The Morgan fingerprint density at radius 1 is 0.893 bits per heavy atom. The standard InChI is InChI=1S/C22H29NO5/c1-14(2)17-9-7-8-10-18(17)28-15(3)22(24)23-13-16-11-12-19(25-4)21(27-6)20(16)26-5/h7-12,14-15H,13H2,1-6H3,(H,23,24)/t15-/m1/s1. The molecule has 0 aromatic heterocycles. The van der Waals surface area contributed by atoms with Crippen LogP contribution in [0.15, 0.2) is 36.4 Å². The third-order valence-electron chi connectivity index (χ3n) is 4.45. The van der Waals surface area contributed by atoms with Gasteiger partial charge in [-0.25, -0.2) is 0 Å². The molecule has 0 heterocycles. The van der Waals surface area contributed by atoms with Crippen LogP contribution < -0.4 is 24.3 Å². The van der Waals surface area contributed by atoms with Crippen LogP contribution in [-0.4, -0.2) is 33.3 Å². The monoisotopic (exact) mass is 387 g/mol. The van der Waals surface area contributed by atoms with E-state index in [1.165, 1.54) is 0 Å². The Morgan fingerprint density at radius 3 is 2.18 bits per heavy atom. The van der Waals surface area contributed by atoms with E-state index in [4.69, 9.17) is 18.9 Å². The molecule has 0 fully saturated rings. The van der Waals surface area contributed by atoms with Crippen molar-refractivity contribution in [3.8, 4) is 23.0 Å². The number of methoxy groups -OCH3 is 3. The zero-order chi connectivity index (χ0) is 20.7. The van der Waals surface area contributed by atoms with Crippen LogP contribution in [0.4, 0.5) is 0 Å². The highest BCUT2D eigenvalue weighted by Gasteiger charge is 2.20. The van der Waals surface area contributed by atoms with Crippen LogP contribution in [-0.2, 0) is 11.3 Å². The van der Waals surface area contributed by atoms with Gasteiger partial charge in [-0.3, -0.25) is 4.79 Å². The third kappa shape index (κ3) is 4.88. The molecule has 0 aliphatic carbocycles. The van der Waals surface area contributed by atoms with E-state index in [9.17, 15) is 4.79 Å². The lowest BCUT2D eigenvalue weighted by Crippen LogP contribution is -2.36. The van der Waals surface area contributed by atoms with Gasteiger partial charge in [-0.15, -0.1) is 0 Å². The second kappa shape index (κ2) is 9.88. The number of amides is 1. The fraction of sp³-hybridized carbons (Fsp3) is 0.409. The third-order valence-corrected chi connectivity index (χ3v) is 4.45. The van der Waals surface area contributed by atoms with E-state index in [1.807, 2.05) is 30.3 Å². The number of rotatable bonds is 9. The van der Waals surface area contributed by atoms with Crippen molar-refractivity contribution in [1.82, 2.24) is 5.32 Å². The van der Waals surface area contributed by atoms with Gasteiger partial charge in [0.25, 0.3) is 5.91 Å². The van der Waals surface area contributed by atoms with Crippen molar-refractivity contribution < 1.29 is 23.7 Å². The highest BCUT2D eigenvalue weighted by molar-refractivity contribution is 5.80. The van der Waals surface area contributed by atoms with Crippen molar-refractivity contribution in [2.75, 3.05) is 21.3 Å². The molecule has 0 aliphatic rings. The Morgan fingerprint density at radius 2 is 1.57 bits per heavy atom. The van der Waals surface area contributed by atoms with Gasteiger partial charge < -0.3 is 24.3 Å². The predicted octanol–water partition coefficient (Wildman–Crippen LogP) is 3.92. The summed E-state index contributed by atoms with van der Waals surface area (Å²) in [6.45, 7) is 6.20. The van der Waals surface area contributed by atoms with Crippen molar-refractivity contribution in [3.63, 3.8) is 0 Å². The van der Waals surface area contributed by atoms with Gasteiger partial charge in [-0.05, 0) is 36.6 Å². The number of hydrogen-bond donors (Lipinski definition) is 1.